The van der Waals surface area contributed by atoms with Gasteiger partial charge in [0.1, 0.15) is 24.0 Å². The summed E-state index contributed by atoms with van der Waals surface area (Å²) in [5.74, 6) is 0.350. The Balaban J connectivity index is 2.52. The van der Waals surface area contributed by atoms with Crippen LogP contribution in [0.5, 0.6) is 0 Å². The van der Waals surface area contributed by atoms with Gasteiger partial charge in [-0.1, -0.05) is 6.07 Å². The lowest BCUT2D eigenvalue weighted by atomic mass is 10.2. The summed E-state index contributed by atoms with van der Waals surface area (Å²) >= 11 is 0. The number of imidazole rings is 1. The number of methoxy groups -OCH3 is 1. The van der Waals surface area contributed by atoms with Crippen molar-refractivity contribution in [3.63, 3.8) is 0 Å². The number of carbonyl (C=O) groups excluding carboxylic acids is 1. The lowest BCUT2D eigenvalue weighted by molar-refractivity contribution is -0.150. The van der Waals surface area contributed by atoms with E-state index in [4.69, 9.17) is 15.2 Å². The van der Waals surface area contributed by atoms with E-state index in [0.29, 0.717) is 23.6 Å². The molecule has 0 aliphatic rings. The van der Waals surface area contributed by atoms with Crippen molar-refractivity contribution < 1.29 is 14.3 Å². The van der Waals surface area contributed by atoms with E-state index in [1.54, 1.807) is 20.1 Å². The molecule has 0 aliphatic carbocycles. The maximum absolute atomic E-state index is 12.2. The van der Waals surface area contributed by atoms with E-state index in [0.717, 1.165) is 5.52 Å². The average molecular weight is 291 g/mol. The minimum Gasteiger partial charge on any atom is -0.461 e. The summed E-state index contributed by atoms with van der Waals surface area (Å²) in [5, 5.41) is 0. The second kappa shape index (κ2) is 6.13. The largest absolute Gasteiger partial charge is 0.461 e. The summed E-state index contributed by atoms with van der Waals surface area (Å²) < 4.78 is 12.3. The molecule has 0 bridgehead atoms. The molecule has 1 heterocycles. The van der Waals surface area contributed by atoms with E-state index in [1.807, 2.05) is 30.5 Å². The number of carbonyl (C=O) groups is 1. The van der Waals surface area contributed by atoms with Crippen molar-refractivity contribution in [2.24, 2.45) is 0 Å². The van der Waals surface area contributed by atoms with E-state index in [2.05, 4.69) is 4.98 Å². The molecule has 0 fully saturated rings. The Morgan fingerprint density at radius 2 is 2.10 bits per heavy atom. The van der Waals surface area contributed by atoms with Gasteiger partial charge in [0, 0.05) is 7.11 Å². The SMILES string of the molecule is COCc1nc2c(N)cccc2n1C(C)C(=O)OC(C)C. The third-order valence-electron chi connectivity index (χ3n) is 3.18. The van der Waals surface area contributed by atoms with Crippen LogP contribution in [0.4, 0.5) is 5.69 Å². The molecule has 0 aliphatic heterocycles. The van der Waals surface area contributed by atoms with Crippen LogP contribution < -0.4 is 5.73 Å². The summed E-state index contributed by atoms with van der Waals surface area (Å²) in [4.78, 5) is 16.7. The fraction of sp³-hybridized carbons (Fsp3) is 0.467. The number of nitrogens with zero attached hydrogens (tertiary/aromatic N) is 2. The highest BCUT2D eigenvalue weighted by Gasteiger charge is 2.24. The topological polar surface area (TPSA) is 79.4 Å². The first-order valence-corrected chi connectivity index (χ1v) is 6.90. The summed E-state index contributed by atoms with van der Waals surface area (Å²) in [5.41, 5.74) is 8.01. The van der Waals surface area contributed by atoms with Gasteiger partial charge in [-0.25, -0.2) is 9.78 Å². The molecule has 1 aromatic heterocycles. The molecule has 0 amide bonds. The van der Waals surface area contributed by atoms with Gasteiger partial charge in [0.05, 0.1) is 17.3 Å². The van der Waals surface area contributed by atoms with Crippen LogP contribution in [-0.4, -0.2) is 28.7 Å². The first-order chi connectivity index (χ1) is 9.95. The third-order valence-corrected chi connectivity index (χ3v) is 3.18. The van der Waals surface area contributed by atoms with Crippen LogP contribution in [0.3, 0.4) is 0 Å². The maximum Gasteiger partial charge on any atom is 0.329 e. The van der Waals surface area contributed by atoms with Gasteiger partial charge in [-0.05, 0) is 32.9 Å². The van der Waals surface area contributed by atoms with Crippen molar-refractivity contribution in [3.8, 4) is 0 Å². The Hall–Kier alpha value is -2.08. The smallest absolute Gasteiger partial charge is 0.329 e. The van der Waals surface area contributed by atoms with Crippen LogP contribution >= 0.6 is 0 Å². The Labute approximate surface area is 123 Å². The summed E-state index contributed by atoms with van der Waals surface area (Å²) in [7, 11) is 1.59. The zero-order valence-corrected chi connectivity index (χ0v) is 12.8. The number of benzene rings is 1. The van der Waals surface area contributed by atoms with Gasteiger partial charge in [-0.15, -0.1) is 0 Å². The average Bonchev–Trinajstić information content (AvgIpc) is 2.77. The number of hydrogen-bond acceptors (Lipinski definition) is 5. The molecular weight excluding hydrogens is 270 g/mol. The van der Waals surface area contributed by atoms with Gasteiger partial charge >= 0.3 is 5.97 Å². The minimum absolute atomic E-state index is 0.161. The number of nitrogens with two attached hydrogens (primary N) is 1. The molecule has 114 valence electrons. The van der Waals surface area contributed by atoms with Crippen LogP contribution in [-0.2, 0) is 20.9 Å². The normalized spacial score (nSPS) is 12.8. The highest BCUT2D eigenvalue weighted by Crippen LogP contribution is 2.26. The number of hydrogen-bond donors (Lipinski definition) is 1. The molecule has 1 aromatic carbocycles. The first-order valence-electron chi connectivity index (χ1n) is 6.90. The Kier molecular flexibility index (Phi) is 4.47. The molecule has 0 spiro atoms. The molecular formula is C15H21N3O3. The Morgan fingerprint density at radius 3 is 2.71 bits per heavy atom. The van der Waals surface area contributed by atoms with Crippen LogP contribution in [0.25, 0.3) is 11.0 Å². The predicted molar refractivity (Wildman–Crippen MR) is 80.8 cm³/mol. The summed E-state index contributed by atoms with van der Waals surface area (Å²) in [6.07, 6.45) is -0.161. The summed E-state index contributed by atoms with van der Waals surface area (Å²) in [6, 6.07) is 5.02. The van der Waals surface area contributed by atoms with Crippen molar-refractivity contribution in [1.82, 2.24) is 9.55 Å². The molecule has 6 nitrogen and oxygen atoms in total. The van der Waals surface area contributed by atoms with Crippen LogP contribution in [0.15, 0.2) is 18.2 Å². The molecule has 0 radical (unpaired) electrons. The molecule has 2 rings (SSSR count). The van der Waals surface area contributed by atoms with Gasteiger partial charge < -0.3 is 19.8 Å². The molecule has 0 saturated heterocycles. The van der Waals surface area contributed by atoms with Crippen LogP contribution in [0, 0.1) is 0 Å². The molecule has 6 heteroatoms. The monoisotopic (exact) mass is 291 g/mol. The van der Waals surface area contributed by atoms with E-state index in [1.165, 1.54) is 0 Å². The number of anilines is 1. The first kappa shape index (κ1) is 15.3. The Morgan fingerprint density at radius 1 is 1.38 bits per heavy atom. The van der Waals surface area contributed by atoms with Crippen LogP contribution in [0.2, 0.25) is 0 Å². The summed E-state index contributed by atoms with van der Waals surface area (Å²) in [6.45, 7) is 5.73. The van der Waals surface area contributed by atoms with Gasteiger partial charge in [0.15, 0.2) is 0 Å². The van der Waals surface area contributed by atoms with Crippen molar-refractivity contribution >= 4 is 22.7 Å². The molecule has 21 heavy (non-hydrogen) atoms. The van der Waals surface area contributed by atoms with E-state index in [9.17, 15) is 4.79 Å². The van der Waals surface area contributed by atoms with Crippen molar-refractivity contribution in [2.45, 2.75) is 39.5 Å². The molecule has 2 N–H and O–H groups in total. The van der Waals surface area contributed by atoms with Gasteiger partial charge in [0.2, 0.25) is 0 Å². The standard InChI is InChI=1S/C15H21N3O3/c1-9(2)21-15(19)10(3)18-12-7-5-6-11(16)14(12)17-13(18)8-20-4/h5-7,9-10H,8,16H2,1-4H3. The molecule has 0 saturated carbocycles. The van der Waals surface area contributed by atoms with Crippen LogP contribution in [0.1, 0.15) is 32.6 Å². The number of nitrogen functional groups attached to an aromatic ring is 1. The molecule has 1 unspecified atom stereocenters. The van der Waals surface area contributed by atoms with Crippen molar-refractivity contribution in [3.05, 3.63) is 24.0 Å². The second-order valence-corrected chi connectivity index (χ2v) is 5.21. The lowest BCUT2D eigenvalue weighted by Gasteiger charge is -2.18. The van der Waals surface area contributed by atoms with Gasteiger partial charge in [0.25, 0.3) is 0 Å². The van der Waals surface area contributed by atoms with Gasteiger partial charge in [-0.3, -0.25) is 0 Å². The second-order valence-electron chi connectivity index (χ2n) is 5.21. The molecule has 1 atom stereocenters. The number of esters is 1. The zero-order valence-electron chi connectivity index (χ0n) is 12.8. The van der Waals surface area contributed by atoms with Crippen molar-refractivity contribution in [1.29, 1.82) is 0 Å². The predicted octanol–water partition coefficient (Wildman–Crippen LogP) is 2.28. The fourth-order valence-corrected chi connectivity index (χ4v) is 2.29. The fourth-order valence-electron chi connectivity index (χ4n) is 2.29. The van der Waals surface area contributed by atoms with Crippen molar-refractivity contribution in [2.75, 3.05) is 12.8 Å². The van der Waals surface area contributed by atoms with E-state index < -0.39 is 6.04 Å². The number of para-hydroxylation sites is 1. The van der Waals surface area contributed by atoms with E-state index >= 15 is 0 Å². The molecule has 2 aromatic rings. The maximum atomic E-state index is 12.2. The highest BCUT2D eigenvalue weighted by atomic mass is 16.5. The van der Waals surface area contributed by atoms with Gasteiger partial charge in [-0.2, -0.15) is 0 Å². The number of aromatic nitrogens is 2. The number of rotatable bonds is 5. The number of ether oxygens (including phenoxy) is 2. The zero-order chi connectivity index (χ0) is 15.6. The highest BCUT2D eigenvalue weighted by molar-refractivity contribution is 5.89. The van der Waals surface area contributed by atoms with E-state index in [-0.39, 0.29) is 12.1 Å². The Bertz CT molecular complexity index is 649. The lowest BCUT2D eigenvalue weighted by Crippen LogP contribution is -2.23. The minimum atomic E-state index is -0.496. The quantitative estimate of drug-likeness (QED) is 0.675. The number of fused-ring (bicyclic) bond motifs is 1. The third kappa shape index (κ3) is 3.00.